The maximum atomic E-state index is 14.9. The van der Waals surface area contributed by atoms with Gasteiger partial charge in [-0.2, -0.15) is 0 Å². The van der Waals surface area contributed by atoms with Gasteiger partial charge in [-0.25, -0.2) is 14.4 Å². The second-order valence-electron chi connectivity index (χ2n) is 7.39. The van der Waals surface area contributed by atoms with E-state index in [0.29, 0.717) is 55.6 Å². The van der Waals surface area contributed by atoms with Crippen molar-refractivity contribution in [3.05, 3.63) is 41.2 Å². The van der Waals surface area contributed by atoms with E-state index in [1.165, 1.54) is 6.20 Å². The van der Waals surface area contributed by atoms with Crippen LogP contribution >= 0.6 is 0 Å². The fraction of sp³-hybridized carbons (Fsp3) is 0.476. The normalized spacial score (nSPS) is 20.6. The first-order valence-electron chi connectivity index (χ1n) is 9.97. The average molecular weight is 416 g/mol. The van der Waals surface area contributed by atoms with Crippen LogP contribution in [0.2, 0.25) is 0 Å². The number of aromatic nitrogens is 2. The summed E-state index contributed by atoms with van der Waals surface area (Å²) in [5.74, 6) is 1.60. The quantitative estimate of drug-likeness (QED) is 0.692. The summed E-state index contributed by atoms with van der Waals surface area (Å²) in [6.07, 6.45) is 0.326. The first-order chi connectivity index (χ1) is 14.5. The molecule has 1 saturated heterocycles. The molecule has 1 amide bonds. The lowest BCUT2D eigenvalue weighted by molar-refractivity contribution is 0.0813. The number of aryl methyl sites for hydroxylation is 1. The van der Waals surface area contributed by atoms with Crippen LogP contribution in [0.25, 0.3) is 0 Å². The van der Waals surface area contributed by atoms with E-state index in [4.69, 9.17) is 14.2 Å². The number of amides is 1. The van der Waals surface area contributed by atoms with Gasteiger partial charge in [0.15, 0.2) is 6.17 Å². The average Bonchev–Trinajstić information content (AvgIpc) is 3.10. The van der Waals surface area contributed by atoms with Crippen molar-refractivity contribution in [3.63, 3.8) is 0 Å². The van der Waals surface area contributed by atoms with Crippen molar-refractivity contribution in [2.45, 2.75) is 32.2 Å². The number of anilines is 1. The second-order valence-corrected chi connectivity index (χ2v) is 7.39. The van der Waals surface area contributed by atoms with Gasteiger partial charge in [0.25, 0.3) is 5.91 Å². The number of carbonyl (C=O) groups excluding carboxylic acids is 1. The van der Waals surface area contributed by atoms with Crippen LogP contribution in [-0.4, -0.2) is 61.6 Å². The molecule has 30 heavy (non-hydrogen) atoms. The molecule has 0 aromatic carbocycles. The molecule has 2 atom stereocenters. The number of carbonyl (C=O) groups is 1. The van der Waals surface area contributed by atoms with Crippen LogP contribution in [0.15, 0.2) is 24.4 Å². The molecule has 160 valence electrons. The Balaban J connectivity index is 1.36. The number of piperidine rings is 1. The van der Waals surface area contributed by atoms with E-state index in [9.17, 15) is 9.18 Å². The molecule has 0 unspecified atom stereocenters. The Kier molecular flexibility index (Phi) is 5.98. The summed E-state index contributed by atoms with van der Waals surface area (Å²) in [7, 11) is 1.60. The highest BCUT2D eigenvalue weighted by Crippen LogP contribution is 2.28. The number of nitrogens with zero attached hydrogens (tertiary/aromatic N) is 3. The molecular weight excluding hydrogens is 391 g/mol. The number of ether oxygens (including phenoxy) is 3. The number of hydrogen-bond acceptors (Lipinski definition) is 7. The van der Waals surface area contributed by atoms with Crippen LogP contribution < -0.4 is 19.7 Å². The molecule has 0 spiro atoms. The number of rotatable bonds is 7. The first-order valence-corrected chi connectivity index (χ1v) is 9.97. The summed E-state index contributed by atoms with van der Waals surface area (Å²) >= 11 is 0. The standard InChI is InChI=1S/C21H25FN4O4/c1-13-9-15-17(11-24-21(15)27)25-20(13)26-6-5-18(16(22)12-26)30-14-3-4-19(23-10-14)29-8-7-28-2/h3-4,9-10,16,18H,5-8,11-12H2,1-2H3,(H,24,27)/t16-,18+/m1/s1. The van der Waals surface area contributed by atoms with Gasteiger partial charge >= 0.3 is 0 Å². The Bertz CT molecular complexity index is 909. The molecule has 4 rings (SSSR count). The molecular formula is C21H25FN4O4. The van der Waals surface area contributed by atoms with Crippen molar-refractivity contribution in [1.29, 1.82) is 0 Å². The van der Waals surface area contributed by atoms with Crippen molar-refractivity contribution >= 4 is 11.7 Å². The van der Waals surface area contributed by atoms with E-state index >= 15 is 0 Å². The molecule has 0 bridgehead atoms. The summed E-state index contributed by atoms with van der Waals surface area (Å²) in [6.45, 7) is 4.00. The van der Waals surface area contributed by atoms with Crippen LogP contribution in [-0.2, 0) is 11.3 Å². The topological polar surface area (TPSA) is 85.8 Å². The predicted octanol–water partition coefficient (Wildman–Crippen LogP) is 2.05. The van der Waals surface area contributed by atoms with Crippen molar-refractivity contribution in [3.8, 4) is 11.6 Å². The van der Waals surface area contributed by atoms with Crippen molar-refractivity contribution in [2.75, 3.05) is 38.3 Å². The van der Waals surface area contributed by atoms with Gasteiger partial charge in [0.1, 0.15) is 24.3 Å². The zero-order chi connectivity index (χ0) is 21.1. The van der Waals surface area contributed by atoms with Gasteiger partial charge in [0, 0.05) is 26.1 Å². The van der Waals surface area contributed by atoms with Crippen LogP contribution in [0.1, 0.15) is 28.0 Å². The molecule has 4 heterocycles. The van der Waals surface area contributed by atoms with Gasteiger partial charge in [-0.15, -0.1) is 0 Å². The minimum absolute atomic E-state index is 0.105. The summed E-state index contributed by atoms with van der Waals surface area (Å²) in [4.78, 5) is 22.5. The molecule has 9 heteroatoms. The number of fused-ring (bicyclic) bond motifs is 1. The number of halogens is 1. The van der Waals surface area contributed by atoms with Gasteiger partial charge in [0.2, 0.25) is 5.88 Å². The molecule has 0 radical (unpaired) electrons. The van der Waals surface area contributed by atoms with E-state index in [0.717, 1.165) is 11.4 Å². The third-order valence-electron chi connectivity index (χ3n) is 5.24. The van der Waals surface area contributed by atoms with Gasteiger partial charge in [-0.3, -0.25) is 4.79 Å². The Morgan fingerprint density at radius 1 is 1.33 bits per heavy atom. The maximum absolute atomic E-state index is 14.9. The first kappa shape index (κ1) is 20.3. The van der Waals surface area contributed by atoms with Crippen LogP contribution in [0, 0.1) is 6.92 Å². The fourth-order valence-corrected chi connectivity index (χ4v) is 3.69. The van der Waals surface area contributed by atoms with Crippen molar-refractivity contribution in [1.82, 2.24) is 15.3 Å². The zero-order valence-corrected chi connectivity index (χ0v) is 17.1. The van der Waals surface area contributed by atoms with E-state index in [-0.39, 0.29) is 12.5 Å². The number of methoxy groups -OCH3 is 1. The van der Waals surface area contributed by atoms with Crippen molar-refractivity contribution < 1.29 is 23.4 Å². The lowest BCUT2D eigenvalue weighted by Crippen LogP contribution is -2.47. The molecule has 2 aromatic heterocycles. The van der Waals surface area contributed by atoms with E-state index < -0.39 is 12.3 Å². The zero-order valence-electron chi connectivity index (χ0n) is 17.1. The van der Waals surface area contributed by atoms with Crippen molar-refractivity contribution in [2.24, 2.45) is 0 Å². The highest BCUT2D eigenvalue weighted by Gasteiger charge is 2.33. The molecule has 1 N–H and O–H groups in total. The summed E-state index contributed by atoms with van der Waals surface area (Å²) in [6, 6.07) is 5.25. The third kappa shape index (κ3) is 4.30. The third-order valence-corrected chi connectivity index (χ3v) is 5.24. The number of pyridine rings is 2. The largest absolute Gasteiger partial charge is 0.486 e. The van der Waals surface area contributed by atoms with Gasteiger partial charge in [0.05, 0.1) is 37.2 Å². The minimum atomic E-state index is -1.18. The van der Waals surface area contributed by atoms with Crippen LogP contribution in [0.5, 0.6) is 11.6 Å². The summed E-state index contributed by atoms with van der Waals surface area (Å²) in [5.41, 5.74) is 2.19. The van der Waals surface area contributed by atoms with Crippen LogP contribution in [0.4, 0.5) is 10.2 Å². The molecule has 0 aliphatic carbocycles. The molecule has 0 saturated carbocycles. The lowest BCUT2D eigenvalue weighted by atomic mass is 10.0. The van der Waals surface area contributed by atoms with E-state index in [2.05, 4.69) is 15.3 Å². The van der Waals surface area contributed by atoms with E-state index in [1.807, 2.05) is 17.9 Å². The second kappa shape index (κ2) is 8.83. The number of alkyl halides is 1. The highest BCUT2D eigenvalue weighted by molar-refractivity contribution is 5.98. The lowest BCUT2D eigenvalue weighted by Gasteiger charge is -2.36. The molecule has 8 nitrogen and oxygen atoms in total. The molecule has 1 fully saturated rings. The predicted molar refractivity (Wildman–Crippen MR) is 108 cm³/mol. The molecule has 2 aliphatic rings. The van der Waals surface area contributed by atoms with Gasteiger partial charge < -0.3 is 24.4 Å². The Morgan fingerprint density at radius 2 is 2.20 bits per heavy atom. The summed E-state index contributed by atoms with van der Waals surface area (Å²) in [5, 5.41) is 2.77. The fourth-order valence-electron chi connectivity index (χ4n) is 3.69. The molecule has 2 aliphatic heterocycles. The van der Waals surface area contributed by atoms with Gasteiger partial charge in [-0.05, 0) is 24.6 Å². The summed E-state index contributed by atoms with van der Waals surface area (Å²) < 4.78 is 31.1. The van der Waals surface area contributed by atoms with E-state index in [1.54, 1.807) is 19.2 Å². The smallest absolute Gasteiger partial charge is 0.253 e. The SMILES string of the molecule is COCCOc1ccc(O[C@H]2CCN(c3nc4c(cc3C)C(=O)NC4)C[C@H]2F)cn1. The van der Waals surface area contributed by atoms with Crippen LogP contribution in [0.3, 0.4) is 0 Å². The number of nitrogens with one attached hydrogen (secondary N) is 1. The molecule has 2 aromatic rings. The Morgan fingerprint density at radius 3 is 2.93 bits per heavy atom. The highest BCUT2D eigenvalue weighted by atomic mass is 19.1. The Hall–Kier alpha value is -2.94. The Labute approximate surface area is 174 Å². The maximum Gasteiger partial charge on any atom is 0.253 e. The monoisotopic (exact) mass is 416 g/mol. The number of hydrogen-bond donors (Lipinski definition) is 1. The minimum Gasteiger partial charge on any atom is -0.486 e. The van der Waals surface area contributed by atoms with Gasteiger partial charge in [-0.1, -0.05) is 0 Å².